The fraction of sp³-hybridized carbons (Fsp3) is 1.00. The van der Waals surface area contributed by atoms with E-state index in [2.05, 4.69) is 15.9 Å². The predicted molar refractivity (Wildman–Crippen MR) is 36.0 cm³/mol. The molecule has 10 heavy (non-hydrogen) atoms. The van der Waals surface area contributed by atoms with Crippen LogP contribution in [0.1, 0.15) is 0 Å². The summed E-state index contributed by atoms with van der Waals surface area (Å²) >= 11 is 3.37. The van der Waals surface area contributed by atoms with Crippen LogP contribution in [-0.2, 0) is 9.47 Å². The van der Waals surface area contributed by atoms with Gasteiger partial charge in [0.1, 0.15) is 24.4 Å². The zero-order chi connectivity index (χ0) is 6.88. The zero-order valence-corrected chi connectivity index (χ0v) is 6.69. The fourth-order valence-electron chi connectivity index (χ4n) is 1.71. The number of fused-ring (bicyclic) bond motifs is 3. The molecule has 3 nitrogen and oxygen atoms in total. The standard InChI is InChI=1S/C6H7BrO3/c7-1-2(8)4-6(10-4)5-3(1)9-5/h1-6,8H/t1-,2-,3+,4-,5+,6-/m1/s1. The highest BCUT2D eigenvalue weighted by molar-refractivity contribution is 9.09. The molecule has 0 bridgehead atoms. The van der Waals surface area contributed by atoms with E-state index in [1.54, 1.807) is 0 Å². The Hall–Kier alpha value is 0.360. The molecule has 3 fully saturated rings. The second-order valence-corrected chi connectivity index (χ2v) is 4.12. The molecule has 0 aromatic rings. The first kappa shape index (κ1) is 5.94. The predicted octanol–water partition coefficient (Wildman–Crippen LogP) is -0.341. The van der Waals surface area contributed by atoms with Crippen LogP contribution in [0.15, 0.2) is 0 Å². The third kappa shape index (κ3) is 0.563. The maximum atomic E-state index is 9.43. The Morgan fingerprint density at radius 1 is 1.00 bits per heavy atom. The van der Waals surface area contributed by atoms with Crippen molar-refractivity contribution in [3.63, 3.8) is 0 Å². The first-order valence-electron chi connectivity index (χ1n) is 3.42. The van der Waals surface area contributed by atoms with Crippen molar-refractivity contribution in [2.75, 3.05) is 0 Å². The Morgan fingerprint density at radius 3 is 2.40 bits per heavy atom. The zero-order valence-electron chi connectivity index (χ0n) is 5.11. The van der Waals surface area contributed by atoms with Crippen molar-refractivity contribution in [3.8, 4) is 0 Å². The summed E-state index contributed by atoms with van der Waals surface area (Å²) in [6.45, 7) is 0. The summed E-state index contributed by atoms with van der Waals surface area (Å²) in [5.41, 5.74) is 0. The lowest BCUT2D eigenvalue weighted by Gasteiger charge is -2.15. The minimum absolute atomic E-state index is 0.0492. The molecule has 2 heterocycles. The van der Waals surface area contributed by atoms with Crippen LogP contribution in [0.5, 0.6) is 0 Å². The molecule has 0 spiro atoms. The Morgan fingerprint density at radius 2 is 1.60 bits per heavy atom. The van der Waals surface area contributed by atoms with E-state index in [1.165, 1.54) is 0 Å². The molecule has 2 aliphatic heterocycles. The van der Waals surface area contributed by atoms with E-state index in [4.69, 9.17) is 9.47 Å². The lowest BCUT2D eigenvalue weighted by atomic mass is 9.98. The van der Waals surface area contributed by atoms with Crippen LogP contribution in [0.4, 0.5) is 0 Å². The van der Waals surface area contributed by atoms with Gasteiger partial charge in [-0.25, -0.2) is 0 Å². The van der Waals surface area contributed by atoms with Crippen LogP contribution in [0, 0.1) is 0 Å². The molecule has 0 aromatic heterocycles. The van der Waals surface area contributed by atoms with Crippen LogP contribution >= 0.6 is 15.9 Å². The summed E-state index contributed by atoms with van der Waals surface area (Å²) in [6, 6.07) is 0. The molecule has 1 aliphatic carbocycles. The number of epoxide rings is 2. The van der Waals surface area contributed by atoms with Crippen molar-refractivity contribution in [1.29, 1.82) is 0 Å². The van der Waals surface area contributed by atoms with Crippen LogP contribution in [0.3, 0.4) is 0 Å². The number of alkyl halides is 1. The van der Waals surface area contributed by atoms with Crippen molar-refractivity contribution < 1.29 is 14.6 Å². The Bertz CT molecular complexity index is 166. The first-order chi connectivity index (χ1) is 4.79. The number of rotatable bonds is 0. The molecule has 0 aromatic carbocycles. The summed E-state index contributed by atoms with van der Waals surface area (Å²) in [5, 5.41) is 9.43. The number of ether oxygens (including phenoxy) is 2. The lowest BCUT2D eigenvalue weighted by molar-refractivity contribution is 0.124. The quantitative estimate of drug-likeness (QED) is 0.436. The van der Waals surface area contributed by atoms with Gasteiger partial charge in [-0.1, -0.05) is 15.9 Å². The highest BCUT2D eigenvalue weighted by atomic mass is 79.9. The summed E-state index contributed by atoms with van der Waals surface area (Å²) in [7, 11) is 0. The molecular formula is C6H7BrO3. The van der Waals surface area contributed by atoms with E-state index in [1.807, 2.05) is 0 Å². The molecule has 1 N–H and O–H groups in total. The number of hydrogen-bond donors (Lipinski definition) is 1. The molecule has 6 atom stereocenters. The molecule has 0 amide bonds. The summed E-state index contributed by atoms with van der Waals surface area (Å²) in [5.74, 6) is 0. The van der Waals surface area contributed by atoms with Crippen LogP contribution in [0.2, 0.25) is 0 Å². The number of halogens is 1. The van der Waals surface area contributed by atoms with E-state index in [0.717, 1.165) is 0 Å². The SMILES string of the molecule is O[C@@H]1[C@@H](Br)[C@@H]2O[C@@H]2[C@@H]2O[C@H]12. The molecule has 4 heteroatoms. The van der Waals surface area contributed by atoms with Gasteiger partial charge in [0.05, 0.1) is 10.9 Å². The number of aliphatic hydroxyl groups excluding tert-OH is 1. The van der Waals surface area contributed by atoms with Crippen LogP contribution in [0.25, 0.3) is 0 Å². The third-order valence-electron chi connectivity index (χ3n) is 2.42. The van der Waals surface area contributed by atoms with Gasteiger partial charge in [0.25, 0.3) is 0 Å². The molecule has 3 aliphatic rings. The molecule has 56 valence electrons. The van der Waals surface area contributed by atoms with Gasteiger partial charge < -0.3 is 14.6 Å². The molecule has 2 saturated heterocycles. The van der Waals surface area contributed by atoms with E-state index in [0.29, 0.717) is 0 Å². The van der Waals surface area contributed by atoms with Gasteiger partial charge in [-0.3, -0.25) is 0 Å². The third-order valence-corrected chi connectivity index (χ3v) is 3.49. The van der Waals surface area contributed by atoms with Gasteiger partial charge in [0, 0.05) is 0 Å². The average Bonchev–Trinajstić information content (AvgIpc) is 2.71. The first-order valence-corrected chi connectivity index (χ1v) is 4.33. The number of aliphatic hydroxyl groups is 1. The second kappa shape index (κ2) is 1.58. The molecule has 3 rings (SSSR count). The minimum Gasteiger partial charge on any atom is -0.389 e. The molecule has 0 radical (unpaired) electrons. The second-order valence-electron chi connectivity index (χ2n) is 3.07. The average molecular weight is 207 g/mol. The fourth-order valence-corrected chi connectivity index (χ4v) is 2.43. The largest absolute Gasteiger partial charge is 0.389 e. The Balaban J connectivity index is 1.89. The van der Waals surface area contributed by atoms with Crippen molar-refractivity contribution in [2.24, 2.45) is 0 Å². The van der Waals surface area contributed by atoms with Crippen molar-refractivity contribution in [1.82, 2.24) is 0 Å². The van der Waals surface area contributed by atoms with Crippen LogP contribution in [-0.4, -0.2) is 40.5 Å². The van der Waals surface area contributed by atoms with Gasteiger partial charge in [0.15, 0.2) is 0 Å². The highest BCUT2D eigenvalue weighted by Crippen LogP contribution is 2.50. The molecule has 0 unspecified atom stereocenters. The Labute approximate surface area is 66.4 Å². The van der Waals surface area contributed by atoms with Gasteiger partial charge in [-0.15, -0.1) is 0 Å². The lowest BCUT2D eigenvalue weighted by Crippen LogP contribution is -2.37. The maximum absolute atomic E-state index is 9.43. The normalized spacial score (nSPS) is 70.2. The van der Waals surface area contributed by atoms with Gasteiger partial charge in [-0.05, 0) is 0 Å². The maximum Gasteiger partial charge on any atom is 0.116 e. The van der Waals surface area contributed by atoms with E-state index in [-0.39, 0.29) is 35.3 Å². The van der Waals surface area contributed by atoms with Crippen molar-refractivity contribution >= 4 is 15.9 Å². The van der Waals surface area contributed by atoms with E-state index < -0.39 is 0 Å². The summed E-state index contributed by atoms with van der Waals surface area (Å²) < 4.78 is 10.5. The monoisotopic (exact) mass is 206 g/mol. The van der Waals surface area contributed by atoms with Gasteiger partial charge in [-0.2, -0.15) is 0 Å². The number of hydrogen-bond acceptors (Lipinski definition) is 3. The Kier molecular flexibility index (Phi) is 0.938. The highest BCUT2D eigenvalue weighted by Gasteiger charge is 2.68. The summed E-state index contributed by atoms with van der Waals surface area (Å²) in [6.07, 6.45) is 0.368. The van der Waals surface area contributed by atoms with Gasteiger partial charge in [0.2, 0.25) is 0 Å². The molecule has 1 saturated carbocycles. The van der Waals surface area contributed by atoms with Crippen molar-refractivity contribution in [2.45, 2.75) is 35.3 Å². The van der Waals surface area contributed by atoms with E-state index in [9.17, 15) is 5.11 Å². The summed E-state index contributed by atoms with van der Waals surface area (Å²) in [4.78, 5) is 0.0845. The molecular weight excluding hydrogens is 200 g/mol. The van der Waals surface area contributed by atoms with E-state index >= 15 is 0 Å². The van der Waals surface area contributed by atoms with Crippen molar-refractivity contribution in [3.05, 3.63) is 0 Å². The smallest absolute Gasteiger partial charge is 0.116 e. The topological polar surface area (TPSA) is 45.3 Å². The van der Waals surface area contributed by atoms with Crippen LogP contribution < -0.4 is 0 Å². The van der Waals surface area contributed by atoms with Gasteiger partial charge >= 0.3 is 0 Å². The minimum atomic E-state index is -0.367.